The van der Waals surface area contributed by atoms with Crippen molar-refractivity contribution in [3.05, 3.63) is 35.9 Å². The van der Waals surface area contributed by atoms with Gasteiger partial charge in [0.15, 0.2) is 0 Å². The van der Waals surface area contributed by atoms with E-state index in [1.54, 1.807) is 38.1 Å². The highest BCUT2D eigenvalue weighted by Crippen LogP contribution is 2.21. The highest BCUT2D eigenvalue weighted by atomic mass is 16.6. The summed E-state index contributed by atoms with van der Waals surface area (Å²) in [5.41, 5.74) is 0.500. The first-order chi connectivity index (χ1) is 7.61. The fourth-order valence-electron chi connectivity index (χ4n) is 1.68. The van der Waals surface area contributed by atoms with Gasteiger partial charge >= 0.3 is 6.09 Å². The first-order valence-electron chi connectivity index (χ1n) is 5.20. The lowest BCUT2D eigenvalue weighted by Crippen LogP contribution is -2.38. The molecule has 0 aromatic heterocycles. The molecule has 2 amide bonds. The Balaban J connectivity index is 2.26. The van der Waals surface area contributed by atoms with Crippen LogP contribution >= 0.6 is 0 Å². The molecule has 1 aromatic carbocycles. The average Bonchev–Trinajstić information content (AvgIpc) is 2.54. The molecule has 16 heavy (non-hydrogen) atoms. The third-order valence-corrected chi connectivity index (χ3v) is 2.81. The normalized spacial score (nSPS) is 24.4. The van der Waals surface area contributed by atoms with E-state index in [0.717, 1.165) is 0 Å². The molecular weight excluding hydrogens is 206 g/mol. The minimum atomic E-state index is -0.561. The van der Waals surface area contributed by atoms with Crippen molar-refractivity contribution in [3.63, 3.8) is 0 Å². The molecule has 0 radical (unpaired) electrons. The van der Waals surface area contributed by atoms with Crippen molar-refractivity contribution in [2.75, 3.05) is 0 Å². The summed E-state index contributed by atoms with van der Waals surface area (Å²) in [7, 11) is 0. The fourth-order valence-corrected chi connectivity index (χ4v) is 1.68. The number of benzene rings is 1. The van der Waals surface area contributed by atoms with Gasteiger partial charge in [-0.1, -0.05) is 18.2 Å². The number of carbonyl (C=O) groups is 2. The van der Waals surface area contributed by atoms with Crippen LogP contribution < -0.4 is 0 Å². The zero-order valence-electron chi connectivity index (χ0n) is 9.21. The second kappa shape index (κ2) is 3.96. The van der Waals surface area contributed by atoms with Gasteiger partial charge in [-0.05, 0) is 26.0 Å². The second-order valence-corrected chi connectivity index (χ2v) is 3.87. The third kappa shape index (κ3) is 1.66. The monoisotopic (exact) mass is 219 g/mol. The zero-order chi connectivity index (χ0) is 11.7. The van der Waals surface area contributed by atoms with Gasteiger partial charge in [0, 0.05) is 5.56 Å². The van der Waals surface area contributed by atoms with E-state index < -0.39 is 6.09 Å². The van der Waals surface area contributed by atoms with Crippen molar-refractivity contribution < 1.29 is 14.3 Å². The van der Waals surface area contributed by atoms with Crippen LogP contribution in [0.2, 0.25) is 0 Å². The van der Waals surface area contributed by atoms with E-state index in [1.807, 2.05) is 6.07 Å². The topological polar surface area (TPSA) is 46.6 Å². The van der Waals surface area contributed by atoms with Gasteiger partial charge in [-0.2, -0.15) is 0 Å². The minimum absolute atomic E-state index is 0.222. The molecule has 2 rings (SSSR count). The van der Waals surface area contributed by atoms with Crippen molar-refractivity contribution in [3.8, 4) is 0 Å². The van der Waals surface area contributed by atoms with Crippen LogP contribution in [0.4, 0.5) is 4.79 Å². The number of nitrogens with zero attached hydrogens (tertiary/aromatic N) is 1. The number of amides is 2. The van der Waals surface area contributed by atoms with E-state index >= 15 is 0 Å². The van der Waals surface area contributed by atoms with Crippen LogP contribution in [-0.2, 0) is 4.74 Å². The van der Waals surface area contributed by atoms with Gasteiger partial charge in [0.2, 0.25) is 0 Å². The molecule has 0 bridgehead atoms. The summed E-state index contributed by atoms with van der Waals surface area (Å²) >= 11 is 0. The standard InChI is InChI=1S/C12H13NO3/c1-8-9(2)16-12(15)13(8)11(14)10-6-4-3-5-7-10/h3-9H,1-2H3/t8-,9+/m1/s1. The van der Waals surface area contributed by atoms with Gasteiger partial charge in [0.25, 0.3) is 5.91 Å². The van der Waals surface area contributed by atoms with Crippen LogP contribution in [0.3, 0.4) is 0 Å². The number of rotatable bonds is 1. The van der Waals surface area contributed by atoms with E-state index in [0.29, 0.717) is 5.56 Å². The lowest BCUT2D eigenvalue weighted by Gasteiger charge is -2.17. The van der Waals surface area contributed by atoms with Crippen LogP contribution in [0.1, 0.15) is 24.2 Å². The van der Waals surface area contributed by atoms with Gasteiger partial charge < -0.3 is 4.74 Å². The molecule has 84 valence electrons. The number of cyclic esters (lactones) is 1. The van der Waals surface area contributed by atoms with E-state index in [9.17, 15) is 9.59 Å². The number of carbonyl (C=O) groups excluding carboxylic acids is 2. The largest absolute Gasteiger partial charge is 0.444 e. The van der Waals surface area contributed by atoms with Crippen LogP contribution in [0.5, 0.6) is 0 Å². The van der Waals surface area contributed by atoms with Crippen LogP contribution in [0.15, 0.2) is 30.3 Å². The summed E-state index contributed by atoms with van der Waals surface area (Å²) in [6, 6.07) is 8.51. The predicted molar refractivity (Wildman–Crippen MR) is 58.0 cm³/mol. The number of ether oxygens (including phenoxy) is 1. The lowest BCUT2D eigenvalue weighted by atomic mass is 10.1. The Hall–Kier alpha value is -1.84. The molecule has 0 spiro atoms. The minimum Gasteiger partial charge on any atom is -0.444 e. The highest BCUT2D eigenvalue weighted by molar-refractivity contribution is 6.03. The van der Waals surface area contributed by atoms with Crippen molar-refractivity contribution in [2.24, 2.45) is 0 Å². The Labute approximate surface area is 93.8 Å². The number of hydrogen-bond acceptors (Lipinski definition) is 3. The molecular formula is C12H13NO3. The first kappa shape index (κ1) is 10.7. The summed E-state index contributed by atoms with van der Waals surface area (Å²) in [5.74, 6) is -0.303. The maximum absolute atomic E-state index is 12.0. The molecule has 1 aliphatic rings. The number of imide groups is 1. The smallest absolute Gasteiger partial charge is 0.417 e. The summed E-state index contributed by atoms with van der Waals surface area (Å²) in [4.78, 5) is 24.7. The SMILES string of the molecule is C[C@@H]1OC(=O)N(C(=O)c2ccccc2)[C@@H]1C. The summed E-state index contributed by atoms with van der Waals surface area (Å²) in [6.07, 6.45) is -0.811. The lowest BCUT2D eigenvalue weighted by molar-refractivity contribution is 0.0781. The maximum atomic E-state index is 12.0. The molecule has 4 heteroatoms. The molecule has 0 unspecified atom stereocenters. The Morgan fingerprint density at radius 2 is 1.88 bits per heavy atom. The molecule has 4 nitrogen and oxygen atoms in total. The van der Waals surface area contributed by atoms with E-state index in [2.05, 4.69) is 0 Å². The third-order valence-electron chi connectivity index (χ3n) is 2.81. The van der Waals surface area contributed by atoms with Crippen molar-refractivity contribution in [1.29, 1.82) is 0 Å². The molecule has 0 saturated carbocycles. The van der Waals surface area contributed by atoms with Gasteiger partial charge in [-0.3, -0.25) is 4.79 Å². The van der Waals surface area contributed by atoms with E-state index in [1.165, 1.54) is 4.90 Å². The molecule has 1 heterocycles. The molecule has 0 N–H and O–H groups in total. The zero-order valence-corrected chi connectivity index (χ0v) is 9.21. The highest BCUT2D eigenvalue weighted by Gasteiger charge is 2.40. The summed E-state index contributed by atoms with van der Waals surface area (Å²) in [5, 5.41) is 0. The van der Waals surface area contributed by atoms with Crippen molar-refractivity contribution in [2.45, 2.75) is 26.0 Å². The average molecular weight is 219 g/mol. The first-order valence-corrected chi connectivity index (χ1v) is 5.20. The second-order valence-electron chi connectivity index (χ2n) is 3.87. The summed E-state index contributed by atoms with van der Waals surface area (Å²) in [6.45, 7) is 3.58. The molecule has 1 aliphatic heterocycles. The van der Waals surface area contributed by atoms with Gasteiger partial charge in [0.05, 0.1) is 6.04 Å². The Morgan fingerprint density at radius 1 is 1.25 bits per heavy atom. The van der Waals surface area contributed by atoms with Crippen molar-refractivity contribution in [1.82, 2.24) is 4.90 Å². The number of hydrogen-bond donors (Lipinski definition) is 0. The maximum Gasteiger partial charge on any atom is 0.417 e. The predicted octanol–water partition coefficient (Wildman–Crippen LogP) is 2.06. The van der Waals surface area contributed by atoms with E-state index in [4.69, 9.17) is 4.74 Å². The Morgan fingerprint density at radius 3 is 2.38 bits per heavy atom. The molecule has 2 atom stereocenters. The van der Waals surface area contributed by atoms with Crippen LogP contribution in [0, 0.1) is 0 Å². The Bertz CT molecular complexity index is 416. The quantitative estimate of drug-likeness (QED) is 0.726. The molecule has 1 aromatic rings. The molecule has 1 saturated heterocycles. The fraction of sp³-hybridized carbons (Fsp3) is 0.333. The van der Waals surface area contributed by atoms with Gasteiger partial charge in [0.1, 0.15) is 6.10 Å². The molecule has 0 aliphatic carbocycles. The van der Waals surface area contributed by atoms with E-state index in [-0.39, 0.29) is 18.1 Å². The van der Waals surface area contributed by atoms with Gasteiger partial charge in [-0.25, -0.2) is 9.69 Å². The van der Waals surface area contributed by atoms with Crippen LogP contribution in [-0.4, -0.2) is 29.0 Å². The molecule has 1 fully saturated rings. The van der Waals surface area contributed by atoms with Crippen molar-refractivity contribution >= 4 is 12.0 Å². The Kier molecular flexibility index (Phi) is 2.64. The van der Waals surface area contributed by atoms with Crippen LogP contribution in [0.25, 0.3) is 0 Å². The summed E-state index contributed by atoms with van der Waals surface area (Å²) < 4.78 is 4.99. The van der Waals surface area contributed by atoms with Gasteiger partial charge in [-0.15, -0.1) is 0 Å².